The van der Waals surface area contributed by atoms with Crippen LogP contribution >= 0.6 is 9.24 Å². The van der Waals surface area contributed by atoms with Crippen molar-refractivity contribution in [1.29, 1.82) is 0 Å². The van der Waals surface area contributed by atoms with Gasteiger partial charge in [0, 0.05) is 13.7 Å². The van der Waals surface area contributed by atoms with Gasteiger partial charge in [0.05, 0.1) is 0 Å². The summed E-state index contributed by atoms with van der Waals surface area (Å²) in [5.74, 6) is 0. The first-order valence-electron chi connectivity index (χ1n) is 5.68. The van der Waals surface area contributed by atoms with Gasteiger partial charge in [-0.05, 0) is 17.3 Å². The second-order valence-electron chi connectivity index (χ2n) is 3.51. The van der Waals surface area contributed by atoms with Crippen LogP contribution in [-0.2, 0) is 4.74 Å². The zero-order valence-electron chi connectivity index (χ0n) is 10.2. The summed E-state index contributed by atoms with van der Waals surface area (Å²) in [5, 5.41) is 0. The molecule has 0 fully saturated rings. The summed E-state index contributed by atoms with van der Waals surface area (Å²) in [6.07, 6.45) is 1.04. The Balaban J connectivity index is 0.000000249. The quantitative estimate of drug-likeness (QED) is 0.747. The van der Waals surface area contributed by atoms with Gasteiger partial charge in [-0.1, -0.05) is 60.7 Å². The third-order valence-corrected chi connectivity index (χ3v) is 2.44. The number of benzene rings is 2. The van der Waals surface area contributed by atoms with Crippen molar-refractivity contribution in [3.8, 4) is 11.1 Å². The normalized spacial score (nSPS) is 9.29. The zero-order chi connectivity index (χ0) is 12.3. The highest BCUT2D eigenvalue weighted by atomic mass is 31.0. The molecule has 0 amide bonds. The van der Waals surface area contributed by atoms with Crippen molar-refractivity contribution in [1.82, 2.24) is 0 Å². The predicted molar refractivity (Wildman–Crippen MR) is 78.3 cm³/mol. The molecule has 0 saturated carbocycles. The molecule has 0 radical (unpaired) electrons. The average molecular weight is 246 g/mol. The molecule has 0 bridgehead atoms. The van der Waals surface area contributed by atoms with Gasteiger partial charge in [0.15, 0.2) is 0 Å². The molecular weight excluding hydrogens is 227 g/mol. The fourth-order valence-corrected chi connectivity index (χ4v) is 1.61. The Morgan fingerprint density at radius 2 is 1.24 bits per heavy atom. The molecule has 0 aliphatic heterocycles. The molecule has 1 atom stereocenters. The Hall–Kier alpha value is -1.17. The van der Waals surface area contributed by atoms with E-state index in [9.17, 15) is 0 Å². The average Bonchev–Trinajstić information content (AvgIpc) is 2.42. The van der Waals surface area contributed by atoms with E-state index in [-0.39, 0.29) is 0 Å². The van der Waals surface area contributed by atoms with Gasteiger partial charge in [-0.25, -0.2) is 0 Å². The van der Waals surface area contributed by atoms with E-state index in [0.29, 0.717) is 0 Å². The topological polar surface area (TPSA) is 9.23 Å². The van der Waals surface area contributed by atoms with Crippen LogP contribution in [0, 0.1) is 0 Å². The third kappa shape index (κ3) is 5.63. The molecule has 90 valence electrons. The van der Waals surface area contributed by atoms with E-state index >= 15 is 0 Å². The van der Waals surface area contributed by atoms with Crippen LogP contribution in [0.3, 0.4) is 0 Å². The Morgan fingerprint density at radius 1 is 0.824 bits per heavy atom. The van der Waals surface area contributed by atoms with Gasteiger partial charge < -0.3 is 4.74 Å². The minimum absolute atomic E-state index is 0.852. The fourth-order valence-electron chi connectivity index (χ4n) is 1.38. The molecule has 2 aromatic carbocycles. The van der Waals surface area contributed by atoms with Crippen molar-refractivity contribution >= 4 is 9.24 Å². The summed E-state index contributed by atoms with van der Waals surface area (Å²) >= 11 is 0. The fraction of sp³-hybridized carbons (Fsp3) is 0.200. The second-order valence-corrected chi connectivity index (χ2v) is 4.09. The lowest BCUT2D eigenvalue weighted by Gasteiger charge is -1.98. The van der Waals surface area contributed by atoms with Crippen LogP contribution in [0.5, 0.6) is 0 Å². The number of ether oxygens (including phenoxy) is 1. The first-order chi connectivity index (χ1) is 8.38. The van der Waals surface area contributed by atoms with Crippen molar-refractivity contribution in [3.63, 3.8) is 0 Å². The Labute approximate surface area is 106 Å². The summed E-state index contributed by atoms with van der Waals surface area (Å²) in [7, 11) is 4.27. The molecular formula is C15H19OP. The van der Waals surface area contributed by atoms with Gasteiger partial charge in [0.1, 0.15) is 0 Å². The number of rotatable bonds is 3. The highest BCUT2D eigenvalue weighted by Crippen LogP contribution is 2.17. The number of hydrogen-bond donors (Lipinski definition) is 0. The molecule has 0 N–H and O–H groups in total. The van der Waals surface area contributed by atoms with E-state index < -0.39 is 0 Å². The molecule has 2 heteroatoms. The maximum absolute atomic E-state index is 4.67. The highest BCUT2D eigenvalue weighted by molar-refractivity contribution is 7.16. The maximum Gasteiger partial charge on any atom is 0.0496 e. The minimum atomic E-state index is 0.852. The minimum Gasteiger partial charge on any atom is -0.384 e. The lowest BCUT2D eigenvalue weighted by atomic mass is 10.1. The summed E-state index contributed by atoms with van der Waals surface area (Å²) < 4.78 is 4.67. The SMILES string of the molecule is COCCP.c1ccc(-c2ccccc2)cc1. The molecule has 2 aromatic rings. The molecule has 2 rings (SSSR count). The van der Waals surface area contributed by atoms with Crippen LogP contribution in [0.2, 0.25) is 0 Å². The predicted octanol–water partition coefficient (Wildman–Crippen LogP) is 3.86. The highest BCUT2D eigenvalue weighted by Gasteiger charge is 1.91. The van der Waals surface area contributed by atoms with Crippen molar-refractivity contribution < 1.29 is 4.74 Å². The lowest BCUT2D eigenvalue weighted by Crippen LogP contribution is -1.84. The van der Waals surface area contributed by atoms with Crippen molar-refractivity contribution in [2.75, 3.05) is 19.9 Å². The standard InChI is InChI=1S/C12H10.C3H9OP/c1-3-7-11(8-4-1)12-9-5-2-6-10-12;1-4-2-3-5/h1-10H;2-3,5H2,1H3. The molecule has 0 aliphatic rings. The lowest BCUT2D eigenvalue weighted by molar-refractivity contribution is 0.218. The summed E-state index contributed by atoms with van der Waals surface area (Å²) in [6.45, 7) is 0.852. The van der Waals surface area contributed by atoms with Gasteiger partial charge >= 0.3 is 0 Å². The number of hydrogen-bond acceptors (Lipinski definition) is 1. The van der Waals surface area contributed by atoms with Crippen LogP contribution in [0.25, 0.3) is 11.1 Å². The van der Waals surface area contributed by atoms with E-state index in [1.165, 1.54) is 11.1 Å². The Morgan fingerprint density at radius 3 is 1.47 bits per heavy atom. The van der Waals surface area contributed by atoms with E-state index in [4.69, 9.17) is 0 Å². The van der Waals surface area contributed by atoms with Crippen LogP contribution < -0.4 is 0 Å². The summed E-state index contributed by atoms with van der Waals surface area (Å²) in [5.41, 5.74) is 2.55. The molecule has 0 aromatic heterocycles. The van der Waals surface area contributed by atoms with Crippen molar-refractivity contribution in [3.05, 3.63) is 60.7 Å². The van der Waals surface area contributed by atoms with E-state index in [1.807, 2.05) is 12.1 Å². The molecule has 0 aliphatic carbocycles. The summed E-state index contributed by atoms with van der Waals surface area (Å²) in [4.78, 5) is 0. The number of methoxy groups -OCH3 is 1. The zero-order valence-corrected chi connectivity index (χ0v) is 11.3. The Bertz CT molecular complexity index is 347. The Kier molecular flexibility index (Phi) is 7.29. The molecule has 1 nitrogen and oxygen atoms in total. The van der Waals surface area contributed by atoms with Gasteiger partial charge in [-0.2, -0.15) is 0 Å². The van der Waals surface area contributed by atoms with Crippen LogP contribution in [-0.4, -0.2) is 19.9 Å². The molecule has 17 heavy (non-hydrogen) atoms. The second kappa shape index (κ2) is 8.92. The molecule has 0 saturated heterocycles. The van der Waals surface area contributed by atoms with Crippen LogP contribution in [0.4, 0.5) is 0 Å². The smallest absolute Gasteiger partial charge is 0.0496 e. The van der Waals surface area contributed by atoms with Crippen LogP contribution in [0.1, 0.15) is 0 Å². The van der Waals surface area contributed by atoms with Crippen LogP contribution in [0.15, 0.2) is 60.7 Å². The maximum atomic E-state index is 4.67. The first kappa shape index (κ1) is 13.9. The molecule has 0 spiro atoms. The molecule has 0 heterocycles. The van der Waals surface area contributed by atoms with Crippen molar-refractivity contribution in [2.45, 2.75) is 0 Å². The third-order valence-electron chi connectivity index (χ3n) is 2.20. The van der Waals surface area contributed by atoms with Crippen molar-refractivity contribution in [2.24, 2.45) is 0 Å². The van der Waals surface area contributed by atoms with E-state index in [1.54, 1.807) is 7.11 Å². The van der Waals surface area contributed by atoms with E-state index in [0.717, 1.165) is 12.8 Å². The summed E-state index contributed by atoms with van der Waals surface area (Å²) in [6, 6.07) is 20.8. The largest absolute Gasteiger partial charge is 0.384 e. The first-order valence-corrected chi connectivity index (χ1v) is 6.49. The van der Waals surface area contributed by atoms with Gasteiger partial charge in [-0.3, -0.25) is 0 Å². The van der Waals surface area contributed by atoms with Gasteiger partial charge in [0.25, 0.3) is 0 Å². The molecule has 1 unspecified atom stereocenters. The van der Waals surface area contributed by atoms with E-state index in [2.05, 4.69) is 62.5 Å². The van der Waals surface area contributed by atoms with Gasteiger partial charge in [0.2, 0.25) is 0 Å². The van der Waals surface area contributed by atoms with Gasteiger partial charge in [-0.15, -0.1) is 9.24 Å². The monoisotopic (exact) mass is 246 g/mol.